The maximum Gasteiger partial charge on any atom is 0.269 e. The van der Waals surface area contributed by atoms with Gasteiger partial charge in [0.25, 0.3) is 5.69 Å². The first-order chi connectivity index (χ1) is 13.0. The molecule has 1 amide bonds. The number of nitrogens with zero attached hydrogens (tertiary/aromatic N) is 3. The van der Waals surface area contributed by atoms with E-state index in [1.807, 2.05) is 24.3 Å². The van der Waals surface area contributed by atoms with Crippen LogP contribution < -0.4 is 5.32 Å². The summed E-state index contributed by atoms with van der Waals surface area (Å²) in [4.78, 5) is 22.3. The Balaban J connectivity index is 1.63. The van der Waals surface area contributed by atoms with Gasteiger partial charge in [-0.3, -0.25) is 14.9 Å². The van der Waals surface area contributed by atoms with E-state index in [2.05, 4.69) is 26.3 Å². The molecule has 1 heterocycles. The van der Waals surface area contributed by atoms with Crippen molar-refractivity contribution in [1.82, 2.24) is 9.78 Å². The van der Waals surface area contributed by atoms with Crippen LogP contribution in [0.1, 0.15) is 11.1 Å². The van der Waals surface area contributed by atoms with Crippen molar-refractivity contribution in [2.75, 3.05) is 5.32 Å². The molecule has 1 aromatic heterocycles. The molecule has 0 aliphatic rings. The highest BCUT2D eigenvalue weighted by molar-refractivity contribution is 9.10. The number of carbonyl (C=O) groups excluding carboxylic acids is 1. The molecule has 0 spiro atoms. The third kappa shape index (κ3) is 5.11. The number of amides is 1. The van der Waals surface area contributed by atoms with Crippen LogP contribution in [0.2, 0.25) is 0 Å². The maximum absolute atomic E-state index is 12.2. The number of carbonyl (C=O) groups is 1. The Bertz CT molecular complexity index is 979. The van der Waals surface area contributed by atoms with Crippen LogP contribution in [0.3, 0.4) is 0 Å². The number of rotatable bonds is 6. The quantitative estimate of drug-likeness (QED) is 0.362. The fraction of sp³-hybridized carbons (Fsp3) is 0.0526. The molecule has 0 bridgehead atoms. The number of anilines is 1. The molecular weight excluding hydrogens is 412 g/mol. The van der Waals surface area contributed by atoms with Crippen LogP contribution in [0.5, 0.6) is 0 Å². The minimum atomic E-state index is -0.465. The number of nitro benzene ring substituents is 1. The van der Waals surface area contributed by atoms with E-state index in [0.29, 0.717) is 17.9 Å². The van der Waals surface area contributed by atoms with Gasteiger partial charge >= 0.3 is 0 Å². The number of non-ortho nitro benzene ring substituents is 1. The minimum absolute atomic E-state index is 0.00782. The number of hydrogen-bond donors (Lipinski definition) is 1. The predicted molar refractivity (Wildman–Crippen MR) is 106 cm³/mol. The maximum atomic E-state index is 12.2. The van der Waals surface area contributed by atoms with Crippen molar-refractivity contribution in [3.63, 3.8) is 0 Å². The fourth-order valence-electron chi connectivity index (χ4n) is 2.37. The Morgan fingerprint density at radius 2 is 1.85 bits per heavy atom. The molecule has 0 saturated carbocycles. The largest absolute Gasteiger partial charge is 0.307 e. The van der Waals surface area contributed by atoms with Crippen LogP contribution in [-0.4, -0.2) is 20.6 Å². The standard InChI is InChI=1S/C19H15BrN4O3/c20-16-6-1-15(2-7-16)13-23-18(11-12-21-23)22-19(25)10-5-14-3-8-17(9-4-14)24(26)27/h1-12H,13H2,(H,22,25)/b10-5+. The van der Waals surface area contributed by atoms with E-state index in [-0.39, 0.29) is 11.6 Å². The minimum Gasteiger partial charge on any atom is -0.307 e. The van der Waals surface area contributed by atoms with Crippen molar-refractivity contribution in [1.29, 1.82) is 0 Å². The van der Waals surface area contributed by atoms with Crippen LogP contribution in [0, 0.1) is 10.1 Å². The Kier molecular flexibility index (Phi) is 5.77. The molecule has 3 rings (SSSR count). The Morgan fingerprint density at radius 3 is 2.52 bits per heavy atom. The molecule has 136 valence electrons. The molecule has 2 aromatic carbocycles. The highest BCUT2D eigenvalue weighted by atomic mass is 79.9. The fourth-order valence-corrected chi connectivity index (χ4v) is 2.64. The van der Waals surface area contributed by atoms with Gasteiger partial charge in [0.1, 0.15) is 5.82 Å². The van der Waals surface area contributed by atoms with E-state index >= 15 is 0 Å². The van der Waals surface area contributed by atoms with Crippen molar-refractivity contribution >= 4 is 39.4 Å². The molecule has 7 nitrogen and oxygen atoms in total. The predicted octanol–water partition coefficient (Wildman–Crippen LogP) is 4.25. The molecule has 0 atom stereocenters. The van der Waals surface area contributed by atoms with Gasteiger partial charge in [-0.2, -0.15) is 5.10 Å². The van der Waals surface area contributed by atoms with Gasteiger partial charge in [0.15, 0.2) is 0 Å². The van der Waals surface area contributed by atoms with E-state index in [0.717, 1.165) is 10.0 Å². The summed E-state index contributed by atoms with van der Waals surface area (Å²) in [5.41, 5.74) is 1.76. The molecule has 0 aliphatic heterocycles. The summed E-state index contributed by atoms with van der Waals surface area (Å²) in [6, 6.07) is 15.5. The summed E-state index contributed by atoms with van der Waals surface area (Å²) in [7, 11) is 0. The van der Waals surface area contributed by atoms with Crippen LogP contribution in [-0.2, 0) is 11.3 Å². The smallest absolute Gasteiger partial charge is 0.269 e. The molecule has 27 heavy (non-hydrogen) atoms. The number of hydrogen-bond acceptors (Lipinski definition) is 4. The summed E-state index contributed by atoms with van der Waals surface area (Å²) in [6.45, 7) is 0.530. The summed E-state index contributed by atoms with van der Waals surface area (Å²) in [5, 5.41) is 17.7. The van der Waals surface area contributed by atoms with Gasteiger partial charge in [0, 0.05) is 28.7 Å². The summed E-state index contributed by atoms with van der Waals surface area (Å²) < 4.78 is 2.69. The number of halogens is 1. The van der Waals surface area contributed by atoms with Gasteiger partial charge in [0.2, 0.25) is 5.91 Å². The van der Waals surface area contributed by atoms with Gasteiger partial charge in [0.05, 0.1) is 17.7 Å². The molecule has 1 N–H and O–H groups in total. The van der Waals surface area contributed by atoms with Crippen LogP contribution in [0.15, 0.2) is 71.3 Å². The second kappa shape index (κ2) is 8.41. The number of benzene rings is 2. The zero-order valence-electron chi connectivity index (χ0n) is 14.1. The Labute approximate surface area is 163 Å². The van der Waals surface area contributed by atoms with Gasteiger partial charge in [-0.25, -0.2) is 4.68 Å². The SMILES string of the molecule is O=C(/C=C/c1ccc([N+](=O)[O-])cc1)Nc1ccnn1Cc1ccc(Br)cc1. The molecular formula is C19H15BrN4O3. The summed E-state index contributed by atoms with van der Waals surface area (Å²) >= 11 is 3.40. The molecule has 0 radical (unpaired) electrons. The zero-order valence-corrected chi connectivity index (χ0v) is 15.7. The van der Waals surface area contributed by atoms with E-state index in [9.17, 15) is 14.9 Å². The first kappa shape index (κ1) is 18.5. The normalized spacial score (nSPS) is 10.9. The van der Waals surface area contributed by atoms with Gasteiger partial charge in [-0.1, -0.05) is 28.1 Å². The highest BCUT2D eigenvalue weighted by Crippen LogP contribution is 2.15. The van der Waals surface area contributed by atoms with Crippen LogP contribution in [0.4, 0.5) is 11.5 Å². The first-order valence-electron chi connectivity index (χ1n) is 8.01. The van der Waals surface area contributed by atoms with E-state index in [1.165, 1.54) is 18.2 Å². The lowest BCUT2D eigenvalue weighted by Crippen LogP contribution is -2.13. The molecule has 0 fully saturated rings. The van der Waals surface area contributed by atoms with Crippen molar-refractivity contribution in [2.45, 2.75) is 6.54 Å². The average Bonchev–Trinajstić information content (AvgIpc) is 3.09. The summed E-state index contributed by atoms with van der Waals surface area (Å²) in [5.74, 6) is 0.266. The van der Waals surface area contributed by atoms with Crippen LogP contribution in [0.25, 0.3) is 6.08 Å². The molecule has 3 aromatic rings. The number of aromatic nitrogens is 2. The number of nitro groups is 1. The second-order valence-corrected chi connectivity index (χ2v) is 6.59. The lowest BCUT2D eigenvalue weighted by Gasteiger charge is -2.08. The van der Waals surface area contributed by atoms with Crippen molar-refractivity contribution < 1.29 is 9.72 Å². The van der Waals surface area contributed by atoms with Crippen molar-refractivity contribution in [3.8, 4) is 0 Å². The molecule has 0 unspecified atom stereocenters. The monoisotopic (exact) mass is 426 g/mol. The second-order valence-electron chi connectivity index (χ2n) is 5.67. The van der Waals surface area contributed by atoms with Gasteiger partial charge < -0.3 is 5.32 Å². The summed E-state index contributed by atoms with van der Waals surface area (Å²) in [6.07, 6.45) is 4.58. The first-order valence-corrected chi connectivity index (χ1v) is 8.80. The highest BCUT2D eigenvalue weighted by Gasteiger charge is 2.06. The van der Waals surface area contributed by atoms with Crippen molar-refractivity contribution in [2.24, 2.45) is 0 Å². The van der Waals surface area contributed by atoms with E-state index in [1.54, 1.807) is 35.2 Å². The lowest BCUT2D eigenvalue weighted by atomic mass is 10.2. The Hall–Kier alpha value is -3.26. The lowest BCUT2D eigenvalue weighted by molar-refractivity contribution is -0.384. The van der Waals surface area contributed by atoms with Gasteiger partial charge in [-0.15, -0.1) is 0 Å². The molecule has 8 heteroatoms. The van der Waals surface area contributed by atoms with Gasteiger partial charge in [-0.05, 0) is 41.5 Å². The molecule has 0 saturated heterocycles. The van der Waals surface area contributed by atoms with E-state index < -0.39 is 4.92 Å². The number of nitrogens with one attached hydrogen (secondary N) is 1. The molecule has 0 aliphatic carbocycles. The van der Waals surface area contributed by atoms with E-state index in [4.69, 9.17) is 0 Å². The topological polar surface area (TPSA) is 90.1 Å². The third-order valence-corrected chi connectivity index (χ3v) is 4.27. The van der Waals surface area contributed by atoms with Crippen molar-refractivity contribution in [3.05, 3.63) is 92.6 Å². The Morgan fingerprint density at radius 1 is 1.15 bits per heavy atom. The van der Waals surface area contributed by atoms with Crippen LogP contribution >= 0.6 is 15.9 Å². The zero-order chi connectivity index (χ0) is 19.2. The third-order valence-electron chi connectivity index (χ3n) is 3.74. The average molecular weight is 427 g/mol.